The van der Waals surface area contributed by atoms with Crippen LogP contribution in [-0.2, 0) is 11.3 Å². The highest BCUT2D eigenvalue weighted by molar-refractivity contribution is 7.99. The third-order valence-corrected chi connectivity index (χ3v) is 5.57. The van der Waals surface area contributed by atoms with Crippen LogP contribution in [0.4, 0.5) is 10.1 Å². The maximum atomic E-state index is 13.4. The quantitative estimate of drug-likeness (QED) is 0.342. The maximum absolute atomic E-state index is 13.4. The molecule has 0 atom stereocenters. The molecule has 1 aromatic carbocycles. The number of nitrogens with one attached hydrogen (secondary N) is 2. The van der Waals surface area contributed by atoms with Crippen LogP contribution in [0, 0.1) is 12.7 Å². The standard InChI is InChI=1S/C20H16ClFN4O3S/c1-11-7-16-18(23-11)19(28)26(9-13-3-2-6-29-13)20(25-16)30-10-17(27)24-15-8-12(22)4-5-14(15)21/h2-8,23H,9-10H2,1H3,(H,24,27). The Labute approximate surface area is 179 Å². The van der Waals surface area contributed by atoms with Crippen molar-refractivity contribution in [2.45, 2.75) is 18.6 Å². The van der Waals surface area contributed by atoms with E-state index in [-0.39, 0.29) is 28.6 Å². The van der Waals surface area contributed by atoms with Crippen molar-refractivity contribution < 1.29 is 13.6 Å². The lowest BCUT2D eigenvalue weighted by Gasteiger charge is -2.11. The summed E-state index contributed by atoms with van der Waals surface area (Å²) in [5.74, 6) is -0.382. The maximum Gasteiger partial charge on any atom is 0.278 e. The number of carbonyl (C=O) groups is 1. The number of amides is 1. The molecule has 3 heterocycles. The van der Waals surface area contributed by atoms with Crippen molar-refractivity contribution in [2.24, 2.45) is 0 Å². The highest BCUT2D eigenvalue weighted by atomic mass is 35.5. The van der Waals surface area contributed by atoms with Gasteiger partial charge in [0.15, 0.2) is 5.16 Å². The van der Waals surface area contributed by atoms with Crippen LogP contribution in [-0.4, -0.2) is 26.2 Å². The SMILES string of the molecule is Cc1cc2nc(SCC(=O)Nc3cc(F)ccc3Cl)n(Cc3ccco3)c(=O)c2[nH]1. The third-order valence-electron chi connectivity index (χ3n) is 4.27. The van der Waals surface area contributed by atoms with E-state index in [0.29, 0.717) is 22.0 Å². The number of anilines is 1. The number of hydrogen-bond donors (Lipinski definition) is 2. The largest absolute Gasteiger partial charge is 0.467 e. The molecule has 0 saturated heterocycles. The summed E-state index contributed by atoms with van der Waals surface area (Å²) in [5, 5.41) is 3.16. The Morgan fingerprint density at radius 2 is 2.20 bits per heavy atom. The van der Waals surface area contributed by atoms with E-state index in [1.165, 1.54) is 23.0 Å². The number of aryl methyl sites for hydroxylation is 1. The predicted molar refractivity (Wildman–Crippen MR) is 114 cm³/mol. The highest BCUT2D eigenvalue weighted by Gasteiger charge is 2.16. The summed E-state index contributed by atoms with van der Waals surface area (Å²) in [6.45, 7) is 2.01. The Hall–Kier alpha value is -3.04. The second kappa shape index (κ2) is 8.37. The van der Waals surface area contributed by atoms with Gasteiger partial charge in [-0.25, -0.2) is 9.37 Å². The number of nitrogens with zero attached hydrogens (tertiary/aromatic N) is 2. The predicted octanol–water partition coefficient (Wildman–Crippen LogP) is 4.20. The van der Waals surface area contributed by atoms with Crippen molar-refractivity contribution in [2.75, 3.05) is 11.1 Å². The first kappa shape index (κ1) is 20.2. The lowest BCUT2D eigenvalue weighted by atomic mass is 10.3. The Morgan fingerprint density at radius 3 is 2.97 bits per heavy atom. The van der Waals surface area contributed by atoms with Crippen LogP contribution in [0.5, 0.6) is 0 Å². The smallest absolute Gasteiger partial charge is 0.278 e. The molecule has 0 spiro atoms. The Morgan fingerprint density at radius 1 is 1.37 bits per heavy atom. The Kier molecular flexibility index (Phi) is 5.65. The van der Waals surface area contributed by atoms with E-state index in [2.05, 4.69) is 15.3 Å². The molecule has 10 heteroatoms. The van der Waals surface area contributed by atoms with E-state index >= 15 is 0 Å². The van der Waals surface area contributed by atoms with E-state index in [0.717, 1.165) is 23.5 Å². The summed E-state index contributed by atoms with van der Waals surface area (Å²) < 4.78 is 20.2. The molecule has 0 saturated carbocycles. The summed E-state index contributed by atoms with van der Waals surface area (Å²) in [7, 11) is 0. The number of rotatable bonds is 6. The van der Waals surface area contributed by atoms with Crippen molar-refractivity contribution in [3.05, 3.63) is 75.3 Å². The number of H-pyrrole nitrogens is 1. The second-order valence-corrected chi connectivity index (χ2v) is 7.89. The first-order valence-corrected chi connectivity index (χ1v) is 10.3. The number of halogens is 2. The molecule has 0 fully saturated rings. The minimum atomic E-state index is -0.510. The van der Waals surface area contributed by atoms with Gasteiger partial charge in [-0.3, -0.25) is 14.2 Å². The number of furan rings is 1. The first-order chi connectivity index (χ1) is 14.4. The van der Waals surface area contributed by atoms with Crippen LogP contribution < -0.4 is 10.9 Å². The zero-order valence-corrected chi connectivity index (χ0v) is 17.3. The molecule has 3 aromatic heterocycles. The van der Waals surface area contributed by atoms with Gasteiger partial charge in [-0.2, -0.15) is 0 Å². The van der Waals surface area contributed by atoms with Crippen LogP contribution in [0.25, 0.3) is 11.0 Å². The van der Waals surface area contributed by atoms with Gasteiger partial charge in [0, 0.05) is 5.69 Å². The zero-order chi connectivity index (χ0) is 21.3. The van der Waals surface area contributed by atoms with Gasteiger partial charge in [0.1, 0.15) is 17.1 Å². The van der Waals surface area contributed by atoms with E-state index in [4.69, 9.17) is 16.0 Å². The van der Waals surface area contributed by atoms with Gasteiger partial charge in [0.2, 0.25) is 5.91 Å². The van der Waals surface area contributed by atoms with Crippen LogP contribution >= 0.6 is 23.4 Å². The molecule has 154 valence electrons. The molecule has 1 amide bonds. The first-order valence-electron chi connectivity index (χ1n) is 8.91. The fraction of sp³-hybridized carbons (Fsp3) is 0.150. The minimum Gasteiger partial charge on any atom is -0.467 e. The molecular weight excluding hydrogens is 431 g/mol. The molecule has 0 aliphatic carbocycles. The molecule has 0 radical (unpaired) electrons. The molecule has 0 bridgehead atoms. The summed E-state index contributed by atoms with van der Waals surface area (Å²) >= 11 is 7.08. The fourth-order valence-corrected chi connectivity index (χ4v) is 3.89. The number of fused-ring (bicyclic) bond motifs is 1. The van der Waals surface area contributed by atoms with Crippen LogP contribution in [0.2, 0.25) is 5.02 Å². The van der Waals surface area contributed by atoms with E-state index in [1.54, 1.807) is 18.2 Å². The number of aromatic nitrogens is 3. The Bertz CT molecular complexity index is 1280. The summed E-state index contributed by atoms with van der Waals surface area (Å²) in [6.07, 6.45) is 1.52. The van der Waals surface area contributed by atoms with Crippen LogP contribution in [0.15, 0.2) is 57.0 Å². The second-order valence-electron chi connectivity index (χ2n) is 6.54. The van der Waals surface area contributed by atoms with Crippen molar-refractivity contribution >= 4 is 46.0 Å². The fourth-order valence-electron chi connectivity index (χ4n) is 2.93. The van der Waals surface area contributed by atoms with Crippen LogP contribution in [0.1, 0.15) is 11.5 Å². The highest BCUT2D eigenvalue weighted by Crippen LogP contribution is 2.24. The van der Waals surface area contributed by atoms with Gasteiger partial charge in [0.25, 0.3) is 5.56 Å². The van der Waals surface area contributed by atoms with Gasteiger partial charge in [-0.05, 0) is 43.3 Å². The molecule has 30 heavy (non-hydrogen) atoms. The molecule has 7 nitrogen and oxygen atoms in total. The van der Waals surface area contributed by atoms with Crippen molar-refractivity contribution in [1.82, 2.24) is 14.5 Å². The third kappa shape index (κ3) is 4.27. The summed E-state index contributed by atoms with van der Waals surface area (Å²) in [4.78, 5) is 32.9. The van der Waals surface area contributed by atoms with Crippen molar-refractivity contribution in [1.29, 1.82) is 0 Å². The van der Waals surface area contributed by atoms with Gasteiger partial charge in [-0.15, -0.1) is 0 Å². The minimum absolute atomic E-state index is 0.0493. The average Bonchev–Trinajstić information content (AvgIpc) is 3.35. The number of thioether (sulfide) groups is 1. The van der Waals surface area contributed by atoms with Gasteiger partial charge in [0.05, 0.1) is 34.8 Å². The molecular formula is C20H16ClFN4O3S. The average molecular weight is 447 g/mol. The normalized spacial score (nSPS) is 11.2. The van der Waals surface area contributed by atoms with Gasteiger partial charge < -0.3 is 14.7 Å². The van der Waals surface area contributed by atoms with Crippen LogP contribution in [0.3, 0.4) is 0 Å². The molecule has 0 aliphatic heterocycles. The monoisotopic (exact) mass is 446 g/mol. The zero-order valence-electron chi connectivity index (χ0n) is 15.7. The van der Waals surface area contributed by atoms with Crippen molar-refractivity contribution in [3.8, 4) is 0 Å². The number of aromatic amines is 1. The molecule has 0 unspecified atom stereocenters. The lowest BCUT2D eigenvalue weighted by molar-refractivity contribution is -0.113. The summed E-state index contributed by atoms with van der Waals surface area (Å²) in [6, 6.07) is 8.97. The summed E-state index contributed by atoms with van der Waals surface area (Å²) in [5.41, 5.74) is 1.63. The lowest BCUT2D eigenvalue weighted by Crippen LogP contribution is -2.24. The Balaban J connectivity index is 1.60. The van der Waals surface area contributed by atoms with E-state index in [9.17, 15) is 14.0 Å². The van der Waals surface area contributed by atoms with Gasteiger partial charge >= 0.3 is 0 Å². The molecule has 2 N–H and O–H groups in total. The topological polar surface area (TPSA) is 92.9 Å². The van der Waals surface area contributed by atoms with Gasteiger partial charge in [-0.1, -0.05) is 23.4 Å². The molecule has 4 rings (SSSR count). The molecule has 4 aromatic rings. The van der Waals surface area contributed by atoms with E-state index < -0.39 is 11.7 Å². The number of carbonyl (C=O) groups excluding carboxylic acids is 1. The molecule has 0 aliphatic rings. The van der Waals surface area contributed by atoms with Crippen molar-refractivity contribution in [3.63, 3.8) is 0 Å². The van der Waals surface area contributed by atoms with E-state index in [1.807, 2.05) is 6.92 Å². The number of hydrogen-bond acceptors (Lipinski definition) is 5. The number of benzene rings is 1.